The van der Waals surface area contributed by atoms with Crippen molar-refractivity contribution in [1.29, 1.82) is 0 Å². The van der Waals surface area contributed by atoms with Gasteiger partial charge >= 0.3 is 11.9 Å². The molecule has 2 N–H and O–H groups in total. The number of nitrogens with zero attached hydrogens (tertiary/aromatic N) is 4. The van der Waals surface area contributed by atoms with E-state index in [4.69, 9.17) is 10.2 Å². The van der Waals surface area contributed by atoms with Crippen LogP contribution in [0.15, 0.2) is 0 Å². The van der Waals surface area contributed by atoms with E-state index in [1.807, 2.05) is 0 Å². The fraction of sp³-hybridized carbons (Fsp3) is 0.647. The van der Waals surface area contributed by atoms with E-state index < -0.39 is 11.9 Å². The zero-order chi connectivity index (χ0) is 22.6. The first-order valence-corrected chi connectivity index (χ1v) is 8.03. The third-order valence-electron chi connectivity index (χ3n) is 3.42. The molecule has 0 radical (unpaired) electrons. The molecule has 0 spiro atoms. The maximum atomic E-state index is 10.9. The van der Waals surface area contributed by atoms with Crippen LogP contribution in [0.4, 0.5) is 0 Å². The summed E-state index contributed by atoms with van der Waals surface area (Å²) in [6.07, 6.45) is 0. The van der Waals surface area contributed by atoms with Crippen molar-refractivity contribution in [3.05, 3.63) is 0 Å². The van der Waals surface area contributed by atoms with Gasteiger partial charge in [0.2, 0.25) is 23.6 Å². The summed E-state index contributed by atoms with van der Waals surface area (Å²) in [6, 6.07) is 0. The van der Waals surface area contributed by atoms with Crippen LogP contribution in [-0.4, -0.2) is 120 Å². The average Bonchev–Trinajstić information content (AvgIpc) is 2.53. The summed E-state index contributed by atoms with van der Waals surface area (Å²) >= 11 is 0. The van der Waals surface area contributed by atoms with Gasteiger partial charge in [-0.25, -0.2) is 0 Å². The standard InChI is InChI=1S/C6H10N2O2.2C5H9NO3.CH4/c1-7-3-6(10)8(2)4-5(7)9;2*1-4(7)6(2)3-5(8)9;/h3-4H2,1-2H3;2*3H2,1-2H3,(H,8,9);1H4. The molecule has 0 aromatic rings. The van der Waals surface area contributed by atoms with Crippen LogP contribution < -0.4 is 0 Å². The van der Waals surface area contributed by atoms with Crippen molar-refractivity contribution in [1.82, 2.24) is 19.6 Å². The lowest BCUT2D eigenvalue weighted by Gasteiger charge is -2.28. The first kappa shape index (κ1) is 30.5. The topological polar surface area (TPSA) is 156 Å². The maximum Gasteiger partial charge on any atom is 0.323 e. The Morgan fingerprint density at radius 3 is 1.17 bits per heavy atom. The van der Waals surface area contributed by atoms with Crippen molar-refractivity contribution in [3.63, 3.8) is 0 Å². The molecule has 168 valence electrons. The summed E-state index contributed by atoms with van der Waals surface area (Å²) in [5.74, 6) is -2.46. The number of carbonyl (C=O) groups excluding carboxylic acids is 4. The van der Waals surface area contributed by atoms with Crippen LogP contribution in [-0.2, 0) is 28.8 Å². The van der Waals surface area contributed by atoms with Crippen molar-refractivity contribution in [2.45, 2.75) is 21.3 Å². The second kappa shape index (κ2) is 14.8. The van der Waals surface area contributed by atoms with E-state index in [1.165, 1.54) is 37.7 Å². The number of carboxylic acid groups (broad SMARTS) is 2. The number of carboxylic acids is 2. The lowest BCUT2D eigenvalue weighted by Crippen LogP contribution is -2.50. The minimum Gasteiger partial charge on any atom is -0.480 e. The smallest absolute Gasteiger partial charge is 0.323 e. The predicted molar refractivity (Wildman–Crippen MR) is 104 cm³/mol. The molecule has 1 saturated heterocycles. The molecule has 1 fully saturated rings. The number of hydrogen-bond acceptors (Lipinski definition) is 6. The van der Waals surface area contributed by atoms with Crippen molar-refractivity contribution in [2.24, 2.45) is 0 Å². The monoisotopic (exact) mass is 420 g/mol. The maximum absolute atomic E-state index is 10.9. The highest BCUT2D eigenvalue weighted by Gasteiger charge is 2.23. The molecule has 1 rings (SSSR count). The van der Waals surface area contributed by atoms with Gasteiger partial charge < -0.3 is 29.8 Å². The zero-order valence-corrected chi connectivity index (χ0v) is 17.0. The van der Waals surface area contributed by atoms with Gasteiger partial charge in [-0.3, -0.25) is 28.8 Å². The van der Waals surface area contributed by atoms with Gasteiger partial charge in [0.25, 0.3) is 0 Å². The lowest BCUT2D eigenvalue weighted by molar-refractivity contribution is -0.147. The molecule has 0 atom stereocenters. The van der Waals surface area contributed by atoms with E-state index in [1.54, 1.807) is 14.1 Å². The van der Waals surface area contributed by atoms with Crippen LogP contribution in [0.25, 0.3) is 0 Å². The summed E-state index contributed by atoms with van der Waals surface area (Å²) in [5, 5.41) is 16.3. The molecule has 0 saturated carbocycles. The van der Waals surface area contributed by atoms with E-state index >= 15 is 0 Å². The second-order valence-corrected chi connectivity index (χ2v) is 6.04. The van der Waals surface area contributed by atoms with Crippen molar-refractivity contribution < 1.29 is 39.0 Å². The molecular weight excluding hydrogens is 388 g/mol. The number of piperazine rings is 1. The number of hydrogen-bond donors (Lipinski definition) is 2. The molecule has 0 aromatic heterocycles. The lowest BCUT2D eigenvalue weighted by atomic mass is 10.3. The molecule has 1 aliphatic rings. The molecule has 1 heterocycles. The molecule has 0 aliphatic carbocycles. The van der Waals surface area contributed by atoms with Crippen LogP contribution in [0.3, 0.4) is 0 Å². The average molecular weight is 420 g/mol. The normalized spacial score (nSPS) is 12.3. The SMILES string of the molecule is C.CC(=O)N(C)CC(=O)O.CC(=O)N(C)CC(=O)O.CN1CC(=O)N(C)CC1=O. The number of aliphatic carboxylic acids is 2. The Bertz CT molecular complexity index is 556. The predicted octanol–water partition coefficient (Wildman–Crippen LogP) is -1.35. The summed E-state index contributed by atoms with van der Waals surface area (Å²) in [7, 11) is 6.15. The number of carbonyl (C=O) groups is 6. The first-order chi connectivity index (χ1) is 12.7. The van der Waals surface area contributed by atoms with Crippen molar-refractivity contribution in [2.75, 3.05) is 54.4 Å². The molecule has 0 bridgehead atoms. The Labute approximate surface area is 170 Å². The third-order valence-corrected chi connectivity index (χ3v) is 3.42. The number of likely N-dealkylation sites (N-methyl/N-ethyl adjacent to an activating group) is 4. The van der Waals surface area contributed by atoms with Gasteiger partial charge in [0.1, 0.15) is 13.1 Å². The summed E-state index contributed by atoms with van der Waals surface area (Å²) in [4.78, 5) is 67.4. The molecule has 12 nitrogen and oxygen atoms in total. The highest BCUT2D eigenvalue weighted by molar-refractivity contribution is 5.92. The Kier molecular flexibility index (Phi) is 15.6. The second-order valence-electron chi connectivity index (χ2n) is 6.04. The molecule has 12 heteroatoms. The van der Waals surface area contributed by atoms with E-state index in [0.29, 0.717) is 0 Å². The van der Waals surface area contributed by atoms with E-state index in [0.717, 1.165) is 9.80 Å². The molecule has 0 unspecified atom stereocenters. The van der Waals surface area contributed by atoms with Crippen molar-refractivity contribution >= 4 is 35.6 Å². The fourth-order valence-corrected chi connectivity index (χ4v) is 1.45. The Balaban J connectivity index is -0.000000345. The summed E-state index contributed by atoms with van der Waals surface area (Å²) in [5.41, 5.74) is 0. The zero-order valence-electron chi connectivity index (χ0n) is 17.0. The molecule has 0 aromatic carbocycles. The van der Waals surface area contributed by atoms with Gasteiger partial charge in [-0.1, -0.05) is 7.43 Å². The number of rotatable bonds is 4. The van der Waals surface area contributed by atoms with Gasteiger partial charge in [-0.05, 0) is 0 Å². The minimum absolute atomic E-state index is 0. The Morgan fingerprint density at radius 2 is 1.03 bits per heavy atom. The quantitative estimate of drug-likeness (QED) is 0.565. The van der Waals surface area contributed by atoms with Gasteiger partial charge in [0.05, 0.1) is 13.1 Å². The Morgan fingerprint density at radius 1 is 0.793 bits per heavy atom. The largest absolute Gasteiger partial charge is 0.480 e. The van der Waals surface area contributed by atoms with E-state index in [-0.39, 0.29) is 57.2 Å². The molecule has 1 aliphatic heterocycles. The third kappa shape index (κ3) is 15.6. The van der Waals surface area contributed by atoms with Gasteiger partial charge in [0.15, 0.2) is 0 Å². The molecular formula is C17H32N4O8. The highest BCUT2D eigenvalue weighted by Crippen LogP contribution is 1.98. The Hall–Kier alpha value is -3.18. The highest BCUT2D eigenvalue weighted by atomic mass is 16.4. The first-order valence-electron chi connectivity index (χ1n) is 8.03. The van der Waals surface area contributed by atoms with E-state index in [9.17, 15) is 28.8 Å². The fourth-order valence-electron chi connectivity index (χ4n) is 1.45. The van der Waals surface area contributed by atoms with Crippen LogP contribution in [0.5, 0.6) is 0 Å². The van der Waals surface area contributed by atoms with Crippen LogP contribution in [0.2, 0.25) is 0 Å². The van der Waals surface area contributed by atoms with Gasteiger partial charge in [0, 0.05) is 42.0 Å². The summed E-state index contributed by atoms with van der Waals surface area (Å²) < 4.78 is 0. The summed E-state index contributed by atoms with van der Waals surface area (Å²) in [6.45, 7) is 2.63. The molecule has 29 heavy (non-hydrogen) atoms. The number of amides is 4. The molecule has 4 amide bonds. The minimum atomic E-state index is -0.993. The van der Waals surface area contributed by atoms with Crippen LogP contribution >= 0.6 is 0 Å². The van der Waals surface area contributed by atoms with Gasteiger partial charge in [-0.15, -0.1) is 0 Å². The van der Waals surface area contributed by atoms with Crippen LogP contribution in [0.1, 0.15) is 21.3 Å². The van der Waals surface area contributed by atoms with E-state index in [2.05, 4.69) is 0 Å². The van der Waals surface area contributed by atoms with Crippen LogP contribution in [0, 0.1) is 0 Å². The van der Waals surface area contributed by atoms with Gasteiger partial charge in [-0.2, -0.15) is 0 Å². The van der Waals surface area contributed by atoms with Crippen molar-refractivity contribution in [3.8, 4) is 0 Å².